The van der Waals surface area contributed by atoms with Gasteiger partial charge in [-0.2, -0.15) is 13.2 Å². The first-order valence-corrected chi connectivity index (χ1v) is 6.89. The molecule has 1 aliphatic heterocycles. The lowest BCUT2D eigenvalue weighted by molar-refractivity contribution is -0.141. The summed E-state index contributed by atoms with van der Waals surface area (Å²) in [5.41, 5.74) is -1.23. The van der Waals surface area contributed by atoms with Crippen molar-refractivity contribution >= 4 is 11.8 Å². The Hall–Kier alpha value is -1.79. The lowest BCUT2D eigenvalue weighted by atomic mass is 10.0. The summed E-state index contributed by atoms with van der Waals surface area (Å²) in [6.07, 6.45) is -1.74. The summed E-state index contributed by atoms with van der Waals surface area (Å²) in [5.74, 6) is -0.950. The molecule has 7 heteroatoms. The van der Waals surface area contributed by atoms with Crippen LogP contribution in [0.15, 0.2) is 12.1 Å². The van der Waals surface area contributed by atoms with Gasteiger partial charge >= 0.3 is 12.1 Å². The first kappa shape index (κ1) is 15.6. The molecular formula is C14H17F3N2O2. The number of aromatic carboxylic acids is 1. The van der Waals surface area contributed by atoms with Gasteiger partial charge in [0.05, 0.1) is 0 Å². The average molecular weight is 302 g/mol. The van der Waals surface area contributed by atoms with Crippen molar-refractivity contribution in [1.29, 1.82) is 0 Å². The Morgan fingerprint density at radius 3 is 2.76 bits per heavy atom. The van der Waals surface area contributed by atoms with E-state index in [9.17, 15) is 18.0 Å². The van der Waals surface area contributed by atoms with E-state index in [4.69, 9.17) is 5.11 Å². The zero-order valence-electron chi connectivity index (χ0n) is 11.7. The molecule has 1 atom stereocenters. The van der Waals surface area contributed by atoms with Gasteiger partial charge in [0, 0.05) is 13.1 Å². The van der Waals surface area contributed by atoms with Crippen LogP contribution in [0.4, 0.5) is 19.0 Å². The Balaban J connectivity index is 2.34. The molecular weight excluding hydrogens is 285 g/mol. The van der Waals surface area contributed by atoms with Crippen LogP contribution in [0.3, 0.4) is 0 Å². The van der Waals surface area contributed by atoms with E-state index in [-0.39, 0.29) is 11.4 Å². The molecule has 2 rings (SSSR count). The number of nitrogens with zero attached hydrogens (tertiary/aromatic N) is 2. The number of carboxylic acid groups (broad SMARTS) is 1. The molecule has 1 N–H and O–H groups in total. The molecule has 1 aliphatic rings. The molecule has 0 aromatic carbocycles. The predicted octanol–water partition coefficient (Wildman–Crippen LogP) is 3.43. The Kier molecular flexibility index (Phi) is 4.39. The standard InChI is InChI=1S/C14H17F3N2O2/c1-2-3-9-6-7-19(8-9)12-10(13(20)21)4-5-11(18-12)14(15,16)17/h4-5,9H,2-3,6-8H2,1H3,(H,20,21). The molecule has 116 valence electrons. The van der Waals surface area contributed by atoms with Crippen molar-refractivity contribution in [3.05, 3.63) is 23.4 Å². The molecule has 2 heterocycles. The van der Waals surface area contributed by atoms with Crippen LogP contribution in [0.25, 0.3) is 0 Å². The van der Waals surface area contributed by atoms with Crippen molar-refractivity contribution in [3.63, 3.8) is 0 Å². The summed E-state index contributed by atoms with van der Waals surface area (Å²) >= 11 is 0. The summed E-state index contributed by atoms with van der Waals surface area (Å²) in [6.45, 7) is 3.15. The van der Waals surface area contributed by atoms with Crippen molar-refractivity contribution < 1.29 is 23.1 Å². The fourth-order valence-electron chi connectivity index (χ4n) is 2.68. The van der Waals surface area contributed by atoms with Gasteiger partial charge in [0.15, 0.2) is 0 Å². The van der Waals surface area contributed by atoms with Gasteiger partial charge in [-0.1, -0.05) is 13.3 Å². The van der Waals surface area contributed by atoms with E-state index in [1.165, 1.54) is 0 Å². The fourth-order valence-corrected chi connectivity index (χ4v) is 2.68. The second kappa shape index (κ2) is 5.91. The minimum atomic E-state index is -4.58. The molecule has 0 radical (unpaired) electrons. The monoisotopic (exact) mass is 302 g/mol. The third kappa shape index (κ3) is 3.46. The number of anilines is 1. The molecule has 1 unspecified atom stereocenters. The highest BCUT2D eigenvalue weighted by atomic mass is 19.4. The first-order chi connectivity index (χ1) is 9.82. The molecule has 1 fully saturated rings. The van der Waals surface area contributed by atoms with Crippen LogP contribution in [-0.4, -0.2) is 29.1 Å². The lowest BCUT2D eigenvalue weighted by Gasteiger charge is -2.20. The minimum absolute atomic E-state index is 0.0732. The number of halogens is 3. The largest absolute Gasteiger partial charge is 0.478 e. The molecule has 0 aliphatic carbocycles. The highest BCUT2D eigenvalue weighted by Gasteiger charge is 2.35. The van der Waals surface area contributed by atoms with Crippen molar-refractivity contribution in [1.82, 2.24) is 4.98 Å². The van der Waals surface area contributed by atoms with Gasteiger partial charge in [-0.25, -0.2) is 9.78 Å². The normalized spacial score (nSPS) is 19.0. The van der Waals surface area contributed by atoms with Crippen LogP contribution in [0, 0.1) is 5.92 Å². The number of hydrogen-bond acceptors (Lipinski definition) is 3. The summed E-state index contributed by atoms with van der Waals surface area (Å²) in [6, 6.07) is 1.70. The number of carbonyl (C=O) groups is 1. The van der Waals surface area contributed by atoms with Gasteiger partial charge in [0.25, 0.3) is 0 Å². The zero-order valence-corrected chi connectivity index (χ0v) is 11.7. The van der Waals surface area contributed by atoms with Gasteiger partial charge in [-0.05, 0) is 30.9 Å². The van der Waals surface area contributed by atoms with Crippen molar-refractivity contribution in [2.45, 2.75) is 32.4 Å². The van der Waals surface area contributed by atoms with E-state index in [0.717, 1.165) is 25.3 Å². The van der Waals surface area contributed by atoms with Crippen molar-refractivity contribution in [3.8, 4) is 0 Å². The number of alkyl halides is 3. The van der Waals surface area contributed by atoms with Gasteiger partial charge < -0.3 is 10.0 Å². The average Bonchev–Trinajstić information content (AvgIpc) is 2.86. The number of aromatic nitrogens is 1. The summed E-state index contributed by atoms with van der Waals surface area (Å²) < 4.78 is 38.3. The summed E-state index contributed by atoms with van der Waals surface area (Å²) in [4.78, 5) is 16.4. The molecule has 0 amide bonds. The van der Waals surface area contributed by atoms with Crippen molar-refractivity contribution in [2.75, 3.05) is 18.0 Å². The Labute approximate surface area is 120 Å². The molecule has 0 spiro atoms. The van der Waals surface area contributed by atoms with E-state index in [2.05, 4.69) is 4.98 Å². The maximum absolute atomic E-state index is 12.8. The Morgan fingerprint density at radius 1 is 1.48 bits per heavy atom. The molecule has 0 saturated carbocycles. The maximum atomic E-state index is 12.8. The van der Waals surface area contributed by atoms with Crippen LogP contribution in [0.1, 0.15) is 42.2 Å². The van der Waals surface area contributed by atoms with Gasteiger partial charge in [0.1, 0.15) is 17.1 Å². The zero-order chi connectivity index (χ0) is 15.6. The molecule has 1 saturated heterocycles. The van der Waals surface area contributed by atoms with Crippen LogP contribution in [0.2, 0.25) is 0 Å². The summed E-state index contributed by atoms with van der Waals surface area (Å²) in [5, 5.41) is 9.14. The van der Waals surface area contributed by atoms with Gasteiger partial charge in [-0.3, -0.25) is 0 Å². The van der Waals surface area contributed by atoms with Crippen LogP contribution >= 0.6 is 0 Å². The SMILES string of the molecule is CCCC1CCN(c2nc(C(F)(F)F)ccc2C(=O)O)C1. The number of rotatable bonds is 4. The highest BCUT2D eigenvalue weighted by molar-refractivity contribution is 5.93. The van der Waals surface area contributed by atoms with E-state index in [1.54, 1.807) is 4.90 Å². The quantitative estimate of drug-likeness (QED) is 0.926. The van der Waals surface area contributed by atoms with Crippen LogP contribution in [-0.2, 0) is 6.18 Å². The second-order valence-corrected chi connectivity index (χ2v) is 5.26. The molecule has 4 nitrogen and oxygen atoms in total. The van der Waals surface area contributed by atoms with Crippen LogP contribution < -0.4 is 4.90 Å². The van der Waals surface area contributed by atoms with Gasteiger partial charge in [-0.15, -0.1) is 0 Å². The van der Waals surface area contributed by atoms with E-state index in [0.29, 0.717) is 25.1 Å². The van der Waals surface area contributed by atoms with E-state index < -0.39 is 17.8 Å². The van der Waals surface area contributed by atoms with Gasteiger partial charge in [0.2, 0.25) is 0 Å². The lowest BCUT2D eigenvalue weighted by Crippen LogP contribution is -2.25. The third-order valence-electron chi connectivity index (χ3n) is 3.68. The Morgan fingerprint density at radius 2 is 2.19 bits per heavy atom. The molecule has 1 aromatic heterocycles. The number of pyridine rings is 1. The molecule has 0 bridgehead atoms. The first-order valence-electron chi connectivity index (χ1n) is 6.89. The predicted molar refractivity (Wildman–Crippen MR) is 71.4 cm³/mol. The highest BCUT2D eigenvalue weighted by Crippen LogP contribution is 2.33. The molecule has 1 aromatic rings. The maximum Gasteiger partial charge on any atom is 0.433 e. The number of hydrogen-bond donors (Lipinski definition) is 1. The fraction of sp³-hybridized carbons (Fsp3) is 0.571. The minimum Gasteiger partial charge on any atom is -0.478 e. The topological polar surface area (TPSA) is 53.4 Å². The van der Waals surface area contributed by atoms with Crippen LogP contribution in [0.5, 0.6) is 0 Å². The third-order valence-corrected chi connectivity index (χ3v) is 3.68. The summed E-state index contributed by atoms with van der Waals surface area (Å²) in [7, 11) is 0. The van der Waals surface area contributed by atoms with E-state index in [1.807, 2.05) is 6.92 Å². The molecule has 21 heavy (non-hydrogen) atoms. The smallest absolute Gasteiger partial charge is 0.433 e. The van der Waals surface area contributed by atoms with Crippen molar-refractivity contribution in [2.24, 2.45) is 5.92 Å². The van der Waals surface area contributed by atoms with E-state index >= 15 is 0 Å². The second-order valence-electron chi connectivity index (χ2n) is 5.26. The Bertz CT molecular complexity index is 531. The number of carboxylic acids is 1.